The van der Waals surface area contributed by atoms with E-state index in [0.717, 1.165) is 4.90 Å². The van der Waals surface area contributed by atoms with Crippen LogP contribution in [0.5, 0.6) is 0 Å². The van der Waals surface area contributed by atoms with Crippen molar-refractivity contribution < 1.29 is 9.55 Å². The minimum absolute atomic E-state index is 0.252. The molecule has 2 amide bonds. The maximum absolute atomic E-state index is 10.4. The van der Waals surface area contributed by atoms with Gasteiger partial charge in [0.1, 0.15) is 13.6 Å². The van der Waals surface area contributed by atoms with Gasteiger partial charge in [-0.05, 0) is 0 Å². The SMILES string of the molecule is [CH2]N1CC[N+](=O)C1=O. The Kier molecular flexibility index (Phi) is 1.00. The van der Waals surface area contributed by atoms with Crippen LogP contribution in [0.15, 0.2) is 0 Å². The van der Waals surface area contributed by atoms with Crippen molar-refractivity contribution in [2.45, 2.75) is 0 Å². The van der Waals surface area contributed by atoms with Gasteiger partial charge in [-0.1, -0.05) is 4.91 Å². The summed E-state index contributed by atoms with van der Waals surface area (Å²) < 4.78 is 0.396. The predicted molar refractivity (Wildman–Crippen MR) is 26.0 cm³/mol. The highest BCUT2D eigenvalue weighted by Crippen LogP contribution is 1.98. The molecule has 1 aliphatic rings. The van der Waals surface area contributed by atoms with Gasteiger partial charge in [0.25, 0.3) is 0 Å². The normalized spacial score (nSPS) is 20.4. The highest BCUT2D eigenvalue weighted by molar-refractivity contribution is 5.66. The van der Waals surface area contributed by atoms with Crippen LogP contribution >= 0.6 is 0 Å². The molecule has 0 saturated carbocycles. The van der Waals surface area contributed by atoms with Gasteiger partial charge in [-0.25, -0.2) is 4.90 Å². The van der Waals surface area contributed by atoms with E-state index in [9.17, 15) is 9.70 Å². The molecule has 1 aliphatic heterocycles. The van der Waals surface area contributed by atoms with Crippen LogP contribution in [-0.4, -0.2) is 28.8 Å². The van der Waals surface area contributed by atoms with Crippen LogP contribution in [0.1, 0.15) is 0 Å². The van der Waals surface area contributed by atoms with Crippen molar-refractivity contribution in [3.8, 4) is 0 Å². The Morgan fingerprint density at radius 1 is 1.75 bits per heavy atom. The topological polar surface area (TPSA) is 40.4 Å². The Bertz CT molecular complexity index is 143. The maximum Gasteiger partial charge on any atom is 0.531 e. The zero-order valence-electron chi connectivity index (χ0n) is 4.33. The molecular weight excluding hydrogens is 108 g/mol. The van der Waals surface area contributed by atoms with Crippen molar-refractivity contribution in [3.63, 3.8) is 0 Å². The number of carbonyl (C=O) groups is 1. The Balaban J connectivity index is 2.71. The van der Waals surface area contributed by atoms with Gasteiger partial charge in [0.05, 0.1) is 0 Å². The summed E-state index contributed by atoms with van der Waals surface area (Å²) in [4.78, 5) is 21.8. The van der Waals surface area contributed by atoms with Crippen molar-refractivity contribution in [1.82, 2.24) is 4.90 Å². The van der Waals surface area contributed by atoms with E-state index >= 15 is 0 Å². The van der Waals surface area contributed by atoms with Gasteiger partial charge in [-0.3, -0.25) is 0 Å². The first-order valence-corrected chi connectivity index (χ1v) is 2.28. The van der Waals surface area contributed by atoms with Gasteiger partial charge in [0.2, 0.25) is 0 Å². The fourth-order valence-electron chi connectivity index (χ4n) is 0.561. The van der Waals surface area contributed by atoms with E-state index in [1.54, 1.807) is 0 Å². The van der Waals surface area contributed by atoms with Crippen molar-refractivity contribution in [2.24, 2.45) is 0 Å². The number of rotatable bonds is 0. The third kappa shape index (κ3) is 0.576. The molecule has 0 aromatic carbocycles. The Labute approximate surface area is 46.7 Å². The zero-order chi connectivity index (χ0) is 6.15. The van der Waals surface area contributed by atoms with E-state index in [4.69, 9.17) is 0 Å². The fourth-order valence-corrected chi connectivity index (χ4v) is 0.561. The van der Waals surface area contributed by atoms with Gasteiger partial charge in [0.15, 0.2) is 6.54 Å². The van der Waals surface area contributed by atoms with Crippen LogP contribution in [0.3, 0.4) is 0 Å². The first-order chi connectivity index (χ1) is 3.72. The Morgan fingerprint density at radius 2 is 2.38 bits per heavy atom. The third-order valence-corrected chi connectivity index (χ3v) is 1.06. The summed E-state index contributed by atoms with van der Waals surface area (Å²) in [5.74, 6) is 0. The maximum atomic E-state index is 10.4. The van der Waals surface area contributed by atoms with Crippen molar-refractivity contribution in [1.29, 1.82) is 0 Å². The minimum atomic E-state index is -0.537. The molecule has 1 fully saturated rings. The largest absolute Gasteiger partial charge is 0.531 e. The highest BCUT2D eigenvalue weighted by atomic mass is 16.3. The first kappa shape index (κ1) is 5.21. The number of hydrogen-bond donors (Lipinski definition) is 0. The number of nitroso groups, excluding NO2 is 1. The number of hydrogen-bond acceptors (Lipinski definition) is 2. The molecule has 0 bridgehead atoms. The molecule has 1 rings (SSSR count). The quantitative estimate of drug-likeness (QED) is 0.415. The molecule has 0 spiro atoms. The summed E-state index contributed by atoms with van der Waals surface area (Å²) in [5.41, 5.74) is 0. The molecule has 8 heavy (non-hydrogen) atoms. The molecule has 0 aromatic heterocycles. The molecule has 4 heteroatoms. The summed E-state index contributed by atoms with van der Waals surface area (Å²) in [7, 11) is 3.31. The molecule has 0 atom stereocenters. The molecule has 1 saturated heterocycles. The lowest BCUT2D eigenvalue weighted by Crippen LogP contribution is -2.18. The minimum Gasteiger partial charge on any atom is -0.214 e. The lowest BCUT2D eigenvalue weighted by Gasteiger charge is -1.88. The van der Waals surface area contributed by atoms with Crippen LogP contribution in [-0.2, 0) is 0 Å². The molecule has 1 heterocycles. The van der Waals surface area contributed by atoms with E-state index < -0.39 is 6.03 Å². The summed E-state index contributed by atoms with van der Waals surface area (Å²) in [5, 5.41) is 0. The molecule has 1 radical (unpaired) electrons. The van der Waals surface area contributed by atoms with Crippen LogP contribution in [0.25, 0.3) is 0 Å². The predicted octanol–water partition coefficient (Wildman–Crippen LogP) is -0.00751. The van der Waals surface area contributed by atoms with Crippen LogP contribution in [0.2, 0.25) is 0 Å². The van der Waals surface area contributed by atoms with E-state index in [1.165, 1.54) is 0 Å². The Morgan fingerprint density at radius 3 is 2.50 bits per heavy atom. The summed E-state index contributed by atoms with van der Waals surface area (Å²) in [6.07, 6.45) is 0. The van der Waals surface area contributed by atoms with Gasteiger partial charge >= 0.3 is 6.03 Å². The molecule has 0 unspecified atom stereocenters. The fraction of sp³-hybridized carbons (Fsp3) is 0.500. The van der Waals surface area contributed by atoms with E-state index in [1.807, 2.05) is 0 Å². The lowest BCUT2D eigenvalue weighted by atomic mass is 10.7. The monoisotopic (exact) mass is 114 g/mol. The zero-order valence-corrected chi connectivity index (χ0v) is 4.33. The molecular formula is C4H6N2O2+. The first-order valence-electron chi connectivity index (χ1n) is 2.28. The molecule has 4 nitrogen and oxygen atoms in total. The second-order valence-corrected chi connectivity index (χ2v) is 1.65. The van der Waals surface area contributed by atoms with Gasteiger partial charge < -0.3 is 0 Å². The molecule has 0 N–H and O–H groups in total. The second-order valence-electron chi connectivity index (χ2n) is 1.65. The third-order valence-electron chi connectivity index (χ3n) is 1.06. The van der Waals surface area contributed by atoms with Crippen molar-refractivity contribution in [2.75, 3.05) is 13.1 Å². The number of urea groups is 1. The summed E-state index contributed by atoms with van der Waals surface area (Å²) in [6.45, 7) is 0.699. The van der Waals surface area contributed by atoms with Crippen LogP contribution < -0.4 is 0 Å². The molecule has 0 aliphatic carbocycles. The van der Waals surface area contributed by atoms with Crippen molar-refractivity contribution >= 4 is 6.03 Å². The molecule has 43 valence electrons. The van der Waals surface area contributed by atoms with E-state index in [-0.39, 0.29) is 6.54 Å². The van der Waals surface area contributed by atoms with Gasteiger partial charge in [-0.15, -0.1) is 0 Å². The van der Waals surface area contributed by atoms with Crippen LogP contribution in [0, 0.1) is 12.0 Å². The van der Waals surface area contributed by atoms with Crippen molar-refractivity contribution in [3.05, 3.63) is 12.0 Å². The second kappa shape index (κ2) is 1.54. The average molecular weight is 114 g/mol. The highest BCUT2D eigenvalue weighted by Gasteiger charge is 2.33. The van der Waals surface area contributed by atoms with E-state index in [0.29, 0.717) is 11.3 Å². The van der Waals surface area contributed by atoms with Gasteiger partial charge in [-0.2, -0.15) is 4.79 Å². The standard InChI is InChI=1S/C4H6N2O2/c1-5-2-3-6(8)4(5)7/h1-3H2/q+1. The number of amides is 2. The number of carbonyl (C=O) groups excluding carboxylic acids is 1. The smallest absolute Gasteiger partial charge is 0.214 e. The lowest BCUT2D eigenvalue weighted by molar-refractivity contribution is -0.432. The van der Waals surface area contributed by atoms with Gasteiger partial charge in [0, 0.05) is 4.76 Å². The van der Waals surface area contributed by atoms with E-state index in [2.05, 4.69) is 7.05 Å². The summed E-state index contributed by atoms with van der Waals surface area (Å²) in [6, 6.07) is -0.537. The number of nitrogens with zero attached hydrogens (tertiary/aromatic N) is 2. The average Bonchev–Trinajstić information content (AvgIpc) is 1.98. The van der Waals surface area contributed by atoms with Crippen LogP contribution in [0.4, 0.5) is 4.79 Å². The summed E-state index contributed by atoms with van der Waals surface area (Å²) >= 11 is 0. The molecule has 0 aromatic rings. The Hall–Kier alpha value is -0.930.